The number of methoxy groups -OCH3 is 2. The summed E-state index contributed by atoms with van der Waals surface area (Å²) in [5.41, 5.74) is 3.00. The number of fused-ring (bicyclic) bond motifs is 1. The molecule has 0 saturated heterocycles. The number of nitrogens with zero attached hydrogens (tertiary/aromatic N) is 3. The normalized spacial score (nSPS) is 14.6. The van der Waals surface area contributed by atoms with E-state index in [0.29, 0.717) is 68.1 Å². The summed E-state index contributed by atoms with van der Waals surface area (Å²) in [5, 5.41) is 0.636. The average molecular weight is 632 g/mol. The number of aromatic nitrogens is 1. The summed E-state index contributed by atoms with van der Waals surface area (Å²) in [7, 11) is 3.14. The minimum Gasteiger partial charge on any atom is -0.497 e. The molecule has 5 rings (SSSR count). The maximum absolute atomic E-state index is 14.3. The molecule has 0 radical (unpaired) electrons. The lowest BCUT2D eigenvalue weighted by Gasteiger charge is -2.30. The zero-order valence-electron chi connectivity index (χ0n) is 25.3. The second kappa shape index (κ2) is 13.5. The number of benzene rings is 3. The van der Waals surface area contributed by atoms with Crippen molar-refractivity contribution in [3.05, 3.63) is 119 Å². The van der Waals surface area contributed by atoms with Crippen LogP contribution in [0.25, 0.3) is 6.08 Å². The second-order valence-corrected chi connectivity index (χ2v) is 11.6. The zero-order valence-corrected chi connectivity index (χ0v) is 26.9. The van der Waals surface area contributed by atoms with Crippen molar-refractivity contribution in [1.29, 1.82) is 0 Å². The lowest BCUT2D eigenvalue weighted by atomic mass is 9.93. The molecule has 8 nitrogen and oxygen atoms in total. The first kappa shape index (κ1) is 31.1. The Kier molecular flexibility index (Phi) is 9.56. The Balaban J connectivity index is 1.66. The molecule has 44 heavy (non-hydrogen) atoms. The number of halogens is 1. The standard InChI is InChI=1S/C34H34ClN3O5S/c1-6-37(7-2)33(40)30-21(3)36-34-38(31(30)26-19-25(41-4)15-16-28(26)42-5)32(39)29(44-34)18-23-12-8-9-14-27(23)43-20-22-11-10-13-24(35)17-22/h8-19,31H,6-7,20H2,1-5H3/b29-18+/t31-/m1/s1. The van der Waals surface area contributed by atoms with Crippen molar-refractivity contribution in [3.63, 3.8) is 0 Å². The number of rotatable bonds is 10. The smallest absolute Gasteiger partial charge is 0.271 e. The van der Waals surface area contributed by atoms with Crippen molar-refractivity contribution >= 4 is 34.9 Å². The molecule has 1 aromatic heterocycles. The molecule has 1 aliphatic rings. The van der Waals surface area contributed by atoms with Crippen LogP contribution in [0.1, 0.15) is 43.5 Å². The molecule has 228 valence electrons. The largest absolute Gasteiger partial charge is 0.497 e. The Morgan fingerprint density at radius 1 is 1.02 bits per heavy atom. The minimum absolute atomic E-state index is 0.180. The van der Waals surface area contributed by atoms with Crippen LogP contribution in [0.4, 0.5) is 0 Å². The third-order valence-corrected chi connectivity index (χ3v) is 8.74. The van der Waals surface area contributed by atoms with Crippen LogP contribution in [0.15, 0.2) is 87.8 Å². The van der Waals surface area contributed by atoms with E-state index in [1.165, 1.54) is 11.3 Å². The first-order chi connectivity index (χ1) is 21.3. The molecule has 0 N–H and O–H groups in total. The van der Waals surface area contributed by atoms with Gasteiger partial charge in [-0.3, -0.25) is 14.2 Å². The highest BCUT2D eigenvalue weighted by molar-refractivity contribution is 7.07. The number of thiazole rings is 1. The van der Waals surface area contributed by atoms with Gasteiger partial charge >= 0.3 is 0 Å². The van der Waals surface area contributed by atoms with Gasteiger partial charge < -0.3 is 19.1 Å². The van der Waals surface area contributed by atoms with Crippen LogP contribution < -0.4 is 29.1 Å². The van der Waals surface area contributed by atoms with Crippen molar-refractivity contribution in [2.75, 3.05) is 27.3 Å². The molecular weight excluding hydrogens is 598 g/mol. The van der Waals surface area contributed by atoms with Gasteiger partial charge in [-0.05, 0) is 68.8 Å². The molecule has 4 aromatic rings. The van der Waals surface area contributed by atoms with E-state index in [4.69, 9.17) is 30.8 Å². The van der Waals surface area contributed by atoms with E-state index in [2.05, 4.69) is 0 Å². The molecule has 0 unspecified atom stereocenters. The molecule has 0 aliphatic carbocycles. The minimum atomic E-state index is -0.777. The van der Waals surface area contributed by atoms with Crippen LogP contribution in [0, 0.1) is 0 Å². The number of likely N-dealkylation sites (N-methyl/N-ethyl adjacent to an activating group) is 1. The maximum atomic E-state index is 14.3. The van der Waals surface area contributed by atoms with Gasteiger partial charge in [0.15, 0.2) is 4.80 Å². The molecule has 0 bridgehead atoms. The van der Waals surface area contributed by atoms with E-state index in [1.54, 1.807) is 35.8 Å². The lowest BCUT2D eigenvalue weighted by molar-refractivity contribution is -0.127. The summed E-state index contributed by atoms with van der Waals surface area (Å²) < 4.78 is 19.5. The van der Waals surface area contributed by atoms with Gasteiger partial charge in [0.25, 0.3) is 11.5 Å². The van der Waals surface area contributed by atoms with E-state index >= 15 is 0 Å². The number of ether oxygens (including phenoxy) is 3. The third-order valence-electron chi connectivity index (χ3n) is 7.52. The van der Waals surface area contributed by atoms with Gasteiger partial charge in [0.05, 0.1) is 30.0 Å². The molecular formula is C34H34ClN3O5S. The number of para-hydroxylation sites is 1. The van der Waals surface area contributed by atoms with Crippen molar-refractivity contribution in [2.24, 2.45) is 4.99 Å². The Bertz CT molecular complexity index is 1910. The molecule has 1 atom stereocenters. The fourth-order valence-corrected chi connectivity index (χ4v) is 6.53. The van der Waals surface area contributed by atoms with Gasteiger partial charge in [0, 0.05) is 29.2 Å². The molecule has 1 amide bonds. The lowest BCUT2D eigenvalue weighted by Crippen LogP contribution is -2.43. The van der Waals surface area contributed by atoms with E-state index in [0.717, 1.165) is 11.1 Å². The highest BCUT2D eigenvalue weighted by Gasteiger charge is 2.36. The molecule has 10 heteroatoms. The van der Waals surface area contributed by atoms with Crippen LogP contribution in [0.2, 0.25) is 5.02 Å². The molecule has 0 spiro atoms. The van der Waals surface area contributed by atoms with E-state index in [1.807, 2.05) is 81.4 Å². The highest BCUT2D eigenvalue weighted by atomic mass is 35.5. The molecule has 3 aromatic carbocycles. The second-order valence-electron chi connectivity index (χ2n) is 10.1. The van der Waals surface area contributed by atoms with E-state index < -0.39 is 6.04 Å². The summed E-state index contributed by atoms with van der Waals surface area (Å²) in [6.45, 7) is 7.03. The summed E-state index contributed by atoms with van der Waals surface area (Å²) in [6, 6.07) is 19.6. The highest BCUT2D eigenvalue weighted by Crippen LogP contribution is 2.38. The van der Waals surface area contributed by atoms with Crippen molar-refractivity contribution < 1.29 is 19.0 Å². The first-order valence-corrected chi connectivity index (χ1v) is 15.5. The van der Waals surface area contributed by atoms with Crippen LogP contribution in [0.3, 0.4) is 0 Å². The number of hydrogen-bond acceptors (Lipinski definition) is 7. The van der Waals surface area contributed by atoms with E-state index in [9.17, 15) is 9.59 Å². The fourth-order valence-electron chi connectivity index (χ4n) is 5.28. The van der Waals surface area contributed by atoms with Gasteiger partial charge in [-0.2, -0.15) is 0 Å². The Morgan fingerprint density at radius 3 is 2.50 bits per heavy atom. The number of carbonyl (C=O) groups excluding carboxylic acids is 1. The molecule has 0 saturated carbocycles. The SMILES string of the molecule is CCN(CC)C(=O)C1=C(C)N=c2s/c(=C/c3ccccc3OCc3cccc(Cl)c3)c(=O)n2[C@@H]1c1cc(OC)ccc1OC. The first-order valence-electron chi connectivity index (χ1n) is 14.3. The van der Waals surface area contributed by atoms with Crippen molar-refractivity contribution in [2.45, 2.75) is 33.4 Å². The molecule has 1 aliphatic heterocycles. The van der Waals surface area contributed by atoms with Gasteiger partial charge in [0.1, 0.15) is 29.9 Å². The van der Waals surface area contributed by atoms with Crippen LogP contribution in [0.5, 0.6) is 17.2 Å². The summed E-state index contributed by atoms with van der Waals surface area (Å²) in [6.07, 6.45) is 1.81. The summed E-state index contributed by atoms with van der Waals surface area (Å²) in [4.78, 5) is 35.3. The predicted molar refractivity (Wildman–Crippen MR) is 173 cm³/mol. The van der Waals surface area contributed by atoms with Gasteiger partial charge in [-0.15, -0.1) is 0 Å². The van der Waals surface area contributed by atoms with Crippen molar-refractivity contribution in [3.8, 4) is 17.2 Å². The third kappa shape index (κ3) is 6.16. The van der Waals surface area contributed by atoms with Gasteiger partial charge in [-0.25, -0.2) is 4.99 Å². The number of allylic oxidation sites excluding steroid dienone is 1. The van der Waals surface area contributed by atoms with Crippen LogP contribution in [-0.2, 0) is 11.4 Å². The van der Waals surface area contributed by atoms with Crippen LogP contribution in [-0.4, -0.2) is 42.7 Å². The molecule has 0 fully saturated rings. The summed E-state index contributed by atoms with van der Waals surface area (Å²) >= 11 is 7.42. The quantitative estimate of drug-likeness (QED) is 0.236. The average Bonchev–Trinajstić information content (AvgIpc) is 3.33. The molecule has 2 heterocycles. The monoisotopic (exact) mass is 631 g/mol. The number of hydrogen-bond donors (Lipinski definition) is 0. The Labute approximate surface area is 265 Å². The summed E-state index contributed by atoms with van der Waals surface area (Å²) in [5.74, 6) is 1.56. The van der Waals surface area contributed by atoms with Gasteiger partial charge in [0.2, 0.25) is 0 Å². The van der Waals surface area contributed by atoms with E-state index in [-0.39, 0.29) is 11.5 Å². The Morgan fingerprint density at radius 2 is 1.80 bits per heavy atom. The fraction of sp³-hybridized carbons (Fsp3) is 0.265. The maximum Gasteiger partial charge on any atom is 0.271 e. The predicted octanol–water partition coefficient (Wildman–Crippen LogP) is 5.35. The number of amides is 1. The van der Waals surface area contributed by atoms with Crippen molar-refractivity contribution in [1.82, 2.24) is 9.47 Å². The number of carbonyl (C=O) groups is 1. The topological polar surface area (TPSA) is 82.4 Å². The zero-order chi connectivity index (χ0) is 31.4. The Hall–Kier alpha value is -4.34. The van der Waals surface area contributed by atoms with Gasteiger partial charge in [-0.1, -0.05) is 53.3 Å². The van der Waals surface area contributed by atoms with Crippen LogP contribution >= 0.6 is 22.9 Å².